The van der Waals surface area contributed by atoms with Gasteiger partial charge in [0.1, 0.15) is 17.3 Å². The number of nitrogens with zero attached hydrogens (tertiary/aromatic N) is 1. The molecule has 0 aliphatic carbocycles. The van der Waals surface area contributed by atoms with Crippen LogP contribution in [0.15, 0.2) is 76.8 Å². The van der Waals surface area contributed by atoms with Crippen LogP contribution in [0.25, 0.3) is 5.76 Å². The number of phenolic OH excluding ortho intramolecular Hbond substituents is 1. The zero-order valence-electron chi connectivity index (χ0n) is 18.0. The highest BCUT2D eigenvalue weighted by Crippen LogP contribution is 2.43. The number of phenols is 1. The van der Waals surface area contributed by atoms with Gasteiger partial charge in [-0.2, -0.15) is 13.2 Å². The SMILES string of the molecule is COc1ccc(/C(O)=C2/C(=O)C(=O)N(c3ccc(C(F)(F)F)cc3)C2c2ccc(O)cc2)cc1Br. The number of aliphatic hydroxyl groups excluding tert-OH is 1. The predicted octanol–water partition coefficient (Wildman–Crippen LogP) is 5.81. The van der Waals surface area contributed by atoms with Crippen molar-refractivity contribution in [3.8, 4) is 11.5 Å². The van der Waals surface area contributed by atoms with E-state index in [1.807, 2.05) is 0 Å². The van der Waals surface area contributed by atoms with E-state index in [9.17, 15) is 33.0 Å². The summed E-state index contributed by atoms with van der Waals surface area (Å²) in [5, 5.41) is 20.8. The molecule has 10 heteroatoms. The number of aromatic hydroxyl groups is 1. The molecule has 1 saturated heterocycles. The third kappa shape index (κ3) is 4.49. The van der Waals surface area contributed by atoms with E-state index in [4.69, 9.17) is 4.74 Å². The van der Waals surface area contributed by atoms with Crippen LogP contribution in [0.1, 0.15) is 22.7 Å². The second-order valence-electron chi connectivity index (χ2n) is 7.65. The molecule has 3 aromatic carbocycles. The van der Waals surface area contributed by atoms with E-state index in [0.29, 0.717) is 15.8 Å². The lowest BCUT2D eigenvalue weighted by atomic mass is 9.95. The molecule has 1 aliphatic heterocycles. The molecule has 35 heavy (non-hydrogen) atoms. The lowest BCUT2D eigenvalue weighted by Crippen LogP contribution is -2.29. The van der Waals surface area contributed by atoms with Gasteiger partial charge in [-0.3, -0.25) is 14.5 Å². The number of carbonyl (C=O) groups is 2. The number of anilines is 1. The highest BCUT2D eigenvalue weighted by Gasteiger charge is 2.47. The third-order valence-electron chi connectivity index (χ3n) is 5.55. The summed E-state index contributed by atoms with van der Waals surface area (Å²) in [5.41, 5.74) is -0.559. The van der Waals surface area contributed by atoms with Gasteiger partial charge in [0.15, 0.2) is 0 Å². The Morgan fingerprint density at radius 2 is 1.63 bits per heavy atom. The van der Waals surface area contributed by atoms with Crippen LogP contribution in [0.2, 0.25) is 0 Å². The standard InChI is InChI=1S/C25H17BrF3NO5/c1-35-19-11-4-14(12-18(19)26)22(32)20-21(13-2-9-17(31)10-3-13)30(24(34)23(20)33)16-7-5-15(6-8-16)25(27,28)29/h2-12,21,31-32H,1H3/b22-20-. The Bertz CT molecular complexity index is 1330. The van der Waals surface area contributed by atoms with Crippen LogP contribution in [0, 0.1) is 0 Å². The van der Waals surface area contributed by atoms with Crippen LogP contribution in [0.5, 0.6) is 11.5 Å². The van der Waals surface area contributed by atoms with Gasteiger partial charge in [0.25, 0.3) is 11.7 Å². The van der Waals surface area contributed by atoms with Crippen molar-refractivity contribution in [3.63, 3.8) is 0 Å². The largest absolute Gasteiger partial charge is 0.508 e. The lowest BCUT2D eigenvalue weighted by molar-refractivity contribution is -0.137. The summed E-state index contributed by atoms with van der Waals surface area (Å²) in [6.45, 7) is 0. The Morgan fingerprint density at radius 1 is 1.00 bits per heavy atom. The van der Waals surface area contributed by atoms with Crippen LogP contribution in [0.3, 0.4) is 0 Å². The summed E-state index contributed by atoms with van der Waals surface area (Å²) in [6.07, 6.45) is -4.58. The summed E-state index contributed by atoms with van der Waals surface area (Å²) in [7, 11) is 1.46. The number of benzene rings is 3. The zero-order valence-corrected chi connectivity index (χ0v) is 19.6. The zero-order chi connectivity index (χ0) is 25.5. The van der Waals surface area contributed by atoms with Crippen molar-refractivity contribution >= 4 is 39.1 Å². The minimum Gasteiger partial charge on any atom is -0.508 e. The second-order valence-corrected chi connectivity index (χ2v) is 8.51. The molecule has 1 amide bonds. The van der Waals surface area contributed by atoms with Crippen molar-refractivity contribution in [2.24, 2.45) is 0 Å². The van der Waals surface area contributed by atoms with E-state index in [-0.39, 0.29) is 22.6 Å². The number of alkyl halides is 3. The number of hydrogen-bond donors (Lipinski definition) is 2. The molecule has 1 fully saturated rings. The predicted molar refractivity (Wildman–Crippen MR) is 125 cm³/mol. The highest BCUT2D eigenvalue weighted by molar-refractivity contribution is 9.10. The van der Waals surface area contributed by atoms with E-state index in [2.05, 4.69) is 15.9 Å². The first-order valence-corrected chi connectivity index (χ1v) is 10.9. The van der Waals surface area contributed by atoms with Gasteiger partial charge >= 0.3 is 6.18 Å². The molecule has 1 aliphatic rings. The normalized spacial score (nSPS) is 17.6. The first-order chi connectivity index (χ1) is 16.5. The molecule has 0 saturated carbocycles. The van der Waals surface area contributed by atoms with Crippen LogP contribution in [-0.2, 0) is 15.8 Å². The summed E-state index contributed by atoms with van der Waals surface area (Å²) in [4.78, 5) is 27.2. The van der Waals surface area contributed by atoms with Crippen molar-refractivity contribution < 1.29 is 37.7 Å². The van der Waals surface area contributed by atoms with Gasteiger partial charge in [-0.15, -0.1) is 0 Å². The van der Waals surface area contributed by atoms with E-state index < -0.39 is 35.2 Å². The molecular formula is C25H17BrF3NO5. The number of ketones is 1. The maximum Gasteiger partial charge on any atom is 0.416 e. The van der Waals surface area contributed by atoms with Crippen molar-refractivity contribution in [1.82, 2.24) is 0 Å². The Balaban J connectivity index is 1.90. The number of halogens is 4. The summed E-state index contributed by atoms with van der Waals surface area (Å²) < 4.78 is 44.8. The number of aliphatic hydroxyl groups is 1. The molecule has 2 N–H and O–H groups in total. The van der Waals surface area contributed by atoms with Crippen LogP contribution < -0.4 is 9.64 Å². The number of methoxy groups -OCH3 is 1. The first kappa shape index (κ1) is 24.3. The van der Waals surface area contributed by atoms with Crippen molar-refractivity contribution in [1.29, 1.82) is 0 Å². The molecule has 3 aromatic rings. The van der Waals surface area contributed by atoms with Crippen LogP contribution in [-0.4, -0.2) is 29.0 Å². The molecule has 6 nitrogen and oxygen atoms in total. The van der Waals surface area contributed by atoms with Crippen molar-refractivity contribution in [2.75, 3.05) is 12.0 Å². The average Bonchev–Trinajstić information content (AvgIpc) is 3.09. The topological polar surface area (TPSA) is 87.1 Å². The second kappa shape index (κ2) is 9.10. The van der Waals surface area contributed by atoms with E-state index >= 15 is 0 Å². The summed E-state index contributed by atoms with van der Waals surface area (Å²) >= 11 is 3.31. The fourth-order valence-electron chi connectivity index (χ4n) is 3.85. The van der Waals surface area contributed by atoms with Gasteiger partial charge in [0.2, 0.25) is 0 Å². The van der Waals surface area contributed by atoms with Crippen LogP contribution in [0.4, 0.5) is 18.9 Å². The quantitative estimate of drug-likeness (QED) is 0.244. The molecule has 1 unspecified atom stereocenters. The van der Waals surface area contributed by atoms with Gasteiger partial charge in [-0.1, -0.05) is 12.1 Å². The fraction of sp³-hybridized carbons (Fsp3) is 0.120. The van der Waals surface area contributed by atoms with E-state index in [1.54, 1.807) is 6.07 Å². The molecular weight excluding hydrogens is 531 g/mol. The fourth-order valence-corrected chi connectivity index (χ4v) is 4.39. The Kier molecular flexibility index (Phi) is 6.33. The molecule has 4 rings (SSSR count). The summed E-state index contributed by atoms with van der Waals surface area (Å²) in [6, 6.07) is 12.8. The first-order valence-electron chi connectivity index (χ1n) is 10.1. The molecule has 1 heterocycles. The number of Topliss-reactive ketones (excluding diaryl/α,β-unsaturated/α-hetero) is 1. The molecule has 0 spiro atoms. The van der Waals surface area contributed by atoms with Gasteiger partial charge in [-0.05, 0) is 76.1 Å². The van der Waals surface area contributed by atoms with Crippen LogP contribution >= 0.6 is 15.9 Å². The minimum absolute atomic E-state index is 0.0353. The van der Waals surface area contributed by atoms with Crippen molar-refractivity contribution in [3.05, 3.63) is 93.5 Å². The molecule has 0 radical (unpaired) electrons. The maximum atomic E-state index is 13.1. The number of carbonyl (C=O) groups excluding carboxylic acids is 2. The smallest absolute Gasteiger partial charge is 0.416 e. The minimum atomic E-state index is -4.58. The molecule has 180 valence electrons. The van der Waals surface area contributed by atoms with Gasteiger partial charge in [0, 0.05) is 11.3 Å². The average molecular weight is 548 g/mol. The van der Waals surface area contributed by atoms with E-state index in [0.717, 1.165) is 29.2 Å². The number of amides is 1. The number of rotatable bonds is 4. The highest BCUT2D eigenvalue weighted by atomic mass is 79.9. The molecule has 0 aromatic heterocycles. The molecule has 1 atom stereocenters. The Hall–Kier alpha value is -3.79. The lowest BCUT2D eigenvalue weighted by Gasteiger charge is -2.26. The molecule has 0 bridgehead atoms. The van der Waals surface area contributed by atoms with Gasteiger partial charge in [0.05, 0.1) is 28.8 Å². The van der Waals surface area contributed by atoms with Gasteiger partial charge < -0.3 is 14.9 Å². The third-order valence-corrected chi connectivity index (χ3v) is 6.17. The van der Waals surface area contributed by atoms with Crippen molar-refractivity contribution in [2.45, 2.75) is 12.2 Å². The monoisotopic (exact) mass is 547 g/mol. The Labute approximate surface area is 206 Å². The Morgan fingerprint density at radius 3 is 2.17 bits per heavy atom. The van der Waals surface area contributed by atoms with Gasteiger partial charge in [-0.25, -0.2) is 0 Å². The number of hydrogen-bond acceptors (Lipinski definition) is 5. The number of ether oxygens (including phenoxy) is 1. The summed E-state index contributed by atoms with van der Waals surface area (Å²) in [5.74, 6) is -2.09. The van der Waals surface area contributed by atoms with E-state index in [1.165, 1.54) is 43.5 Å². The maximum absolute atomic E-state index is 13.1.